The van der Waals surface area contributed by atoms with E-state index in [-0.39, 0.29) is 0 Å². The highest BCUT2D eigenvalue weighted by molar-refractivity contribution is 6.28. The molecule has 4 heteroatoms. The van der Waals surface area contributed by atoms with Gasteiger partial charge in [-0.05, 0) is 31.9 Å². The summed E-state index contributed by atoms with van der Waals surface area (Å²) in [7, 11) is 0. The summed E-state index contributed by atoms with van der Waals surface area (Å²) >= 11 is 5.71. The second kappa shape index (κ2) is 5.60. The molecule has 1 rings (SSSR count). The summed E-state index contributed by atoms with van der Waals surface area (Å²) in [5.74, 6) is 0.784. The van der Waals surface area contributed by atoms with Gasteiger partial charge in [0.05, 0.1) is 0 Å². The molecule has 14 heavy (non-hydrogen) atoms. The van der Waals surface area contributed by atoms with E-state index in [0.717, 1.165) is 24.5 Å². The van der Waals surface area contributed by atoms with Crippen LogP contribution in [0, 0.1) is 6.92 Å². The molecule has 0 fully saturated rings. The molecule has 0 aliphatic rings. The van der Waals surface area contributed by atoms with Crippen molar-refractivity contribution < 1.29 is 0 Å². The average molecular weight is 212 g/mol. The number of nitrogens with zero attached hydrogens (tertiary/aromatic N) is 2. The monoisotopic (exact) mass is 211 g/mol. The lowest BCUT2D eigenvalue weighted by molar-refractivity contribution is 1.02. The zero-order valence-corrected chi connectivity index (χ0v) is 9.17. The van der Waals surface area contributed by atoms with Gasteiger partial charge in [-0.25, -0.2) is 9.97 Å². The first-order chi connectivity index (χ1) is 6.72. The van der Waals surface area contributed by atoms with Crippen molar-refractivity contribution in [1.82, 2.24) is 9.97 Å². The number of hydrogen-bond acceptors (Lipinski definition) is 3. The van der Waals surface area contributed by atoms with Gasteiger partial charge in [-0.3, -0.25) is 0 Å². The lowest BCUT2D eigenvalue weighted by Crippen LogP contribution is -2.03. The molecule has 76 valence electrons. The van der Waals surface area contributed by atoms with Crippen molar-refractivity contribution in [1.29, 1.82) is 0 Å². The summed E-state index contributed by atoms with van der Waals surface area (Å²) < 4.78 is 0. The number of rotatable bonds is 4. The first-order valence-corrected chi connectivity index (χ1v) is 4.96. The van der Waals surface area contributed by atoms with Crippen molar-refractivity contribution in [3.63, 3.8) is 0 Å². The molecule has 1 N–H and O–H groups in total. The van der Waals surface area contributed by atoms with Crippen molar-refractivity contribution >= 4 is 17.4 Å². The fraction of sp³-hybridized carbons (Fsp3) is 0.400. The average Bonchev–Trinajstić information content (AvgIpc) is 2.11. The Hall–Kier alpha value is -1.09. The largest absolute Gasteiger partial charge is 0.370 e. The third-order valence-corrected chi connectivity index (χ3v) is 1.85. The molecule has 0 bridgehead atoms. The summed E-state index contributed by atoms with van der Waals surface area (Å²) in [5, 5.41) is 3.46. The van der Waals surface area contributed by atoms with Crippen molar-refractivity contribution in [3.05, 3.63) is 29.2 Å². The van der Waals surface area contributed by atoms with Gasteiger partial charge in [0.2, 0.25) is 5.28 Å². The SMILES string of the molecule is C/C=C/CCNc1cc(C)nc(Cl)n1. The van der Waals surface area contributed by atoms with Crippen LogP contribution >= 0.6 is 11.6 Å². The molecule has 1 heterocycles. The van der Waals surface area contributed by atoms with Gasteiger partial charge in [0, 0.05) is 18.3 Å². The molecule has 0 amide bonds. The Morgan fingerprint density at radius 2 is 2.29 bits per heavy atom. The van der Waals surface area contributed by atoms with E-state index in [1.165, 1.54) is 0 Å². The van der Waals surface area contributed by atoms with Gasteiger partial charge in [-0.15, -0.1) is 0 Å². The molecule has 0 unspecified atom stereocenters. The predicted octanol–water partition coefficient (Wildman–Crippen LogP) is 2.82. The molecule has 0 aliphatic carbocycles. The zero-order chi connectivity index (χ0) is 10.4. The number of anilines is 1. The van der Waals surface area contributed by atoms with Gasteiger partial charge in [0.1, 0.15) is 5.82 Å². The van der Waals surface area contributed by atoms with Gasteiger partial charge in [-0.1, -0.05) is 12.2 Å². The number of aromatic nitrogens is 2. The third kappa shape index (κ3) is 3.75. The Labute approximate surface area is 89.2 Å². The maximum atomic E-state index is 5.71. The van der Waals surface area contributed by atoms with Crippen molar-refractivity contribution in [2.24, 2.45) is 0 Å². The second-order valence-corrected chi connectivity index (χ2v) is 3.29. The summed E-state index contributed by atoms with van der Waals surface area (Å²) in [4.78, 5) is 8.03. The highest BCUT2D eigenvalue weighted by Gasteiger charge is 1.97. The molecule has 0 saturated heterocycles. The maximum Gasteiger partial charge on any atom is 0.224 e. The fourth-order valence-electron chi connectivity index (χ4n) is 1.07. The zero-order valence-electron chi connectivity index (χ0n) is 8.42. The number of nitrogens with one attached hydrogen (secondary N) is 1. The number of hydrogen-bond donors (Lipinski definition) is 1. The summed E-state index contributed by atoms with van der Waals surface area (Å²) in [6, 6.07) is 1.88. The molecule has 1 aromatic rings. The lowest BCUT2D eigenvalue weighted by atomic mass is 10.3. The van der Waals surface area contributed by atoms with Gasteiger partial charge < -0.3 is 5.32 Å². The summed E-state index contributed by atoms with van der Waals surface area (Å²) in [6.07, 6.45) is 5.11. The molecule has 3 nitrogen and oxygen atoms in total. The van der Waals surface area contributed by atoms with Crippen LogP contribution in [0.2, 0.25) is 5.28 Å². The highest BCUT2D eigenvalue weighted by atomic mass is 35.5. The Kier molecular flexibility index (Phi) is 4.40. The van der Waals surface area contributed by atoms with E-state index in [1.807, 2.05) is 26.0 Å². The predicted molar refractivity (Wildman–Crippen MR) is 59.7 cm³/mol. The lowest BCUT2D eigenvalue weighted by Gasteiger charge is -2.04. The van der Waals surface area contributed by atoms with Crippen molar-refractivity contribution in [3.8, 4) is 0 Å². The Morgan fingerprint density at radius 1 is 1.50 bits per heavy atom. The van der Waals surface area contributed by atoms with Crippen LogP contribution in [0.3, 0.4) is 0 Å². The summed E-state index contributed by atoms with van der Waals surface area (Å²) in [6.45, 7) is 4.76. The standard InChI is InChI=1S/C10H14ClN3/c1-3-4-5-6-12-9-7-8(2)13-10(11)14-9/h3-4,7H,5-6H2,1-2H3,(H,12,13,14)/b4-3+. The molecule has 0 aromatic carbocycles. The van der Waals surface area contributed by atoms with E-state index in [4.69, 9.17) is 11.6 Å². The molecule has 0 spiro atoms. The molecule has 0 atom stereocenters. The third-order valence-electron chi connectivity index (χ3n) is 1.68. The molecule has 0 saturated carbocycles. The van der Waals surface area contributed by atoms with Crippen LogP contribution in [0.25, 0.3) is 0 Å². The van der Waals surface area contributed by atoms with Gasteiger partial charge >= 0.3 is 0 Å². The molecule has 0 aliphatic heterocycles. The van der Waals surface area contributed by atoms with Gasteiger partial charge in [0.25, 0.3) is 0 Å². The van der Waals surface area contributed by atoms with Crippen LogP contribution in [0.5, 0.6) is 0 Å². The topological polar surface area (TPSA) is 37.8 Å². The Balaban J connectivity index is 2.50. The van der Waals surface area contributed by atoms with Crippen LogP contribution in [-0.4, -0.2) is 16.5 Å². The maximum absolute atomic E-state index is 5.71. The molecular formula is C10H14ClN3. The minimum absolute atomic E-state index is 0.290. The molecule has 1 aromatic heterocycles. The quantitative estimate of drug-likeness (QED) is 0.473. The Bertz CT molecular complexity index is 303. The first-order valence-electron chi connectivity index (χ1n) is 4.58. The van der Waals surface area contributed by atoms with Crippen LogP contribution in [0.1, 0.15) is 19.0 Å². The van der Waals surface area contributed by atoms with E-state index in [0.29, 0.717) is 5.28 Å². The van der Waals surface area contributed by atoms with E-state index in [2.05, 4.69) is 21.4 Å². The van der Waals surface area contributed by atoms with Crippen molar-refractivity contribution in [2.45, 2.75) is 20.3 Å². The normalized spacial score (nSPS) is 10.8. The Morgan fingerprint density at radius 3 is 2.93 bits per heavy atom. The van der Waals surface area contributed by atoms with E-state index < -0.39 is 0 Å². The number of halogens is 1. The second-order valence-electron chi connectivity index (χ2n) is 2.95. The fourth-order valence-corrected chi connectivity index (χ4v) is 1.30. The van der Waals surface area contributed by atoms with Gasteiger partial charge in [-0.2, -0.15) is 0 Å². The van der Waals surface area contributed by atoms with E-state index in [1.54, 1.807) is 0 Å². The summed E-state index contributed by atoms with van der Waals surface area (Å²) in [5.41, 5.74) is 0.874. The highest BCUT2D eigenvalue weighted by Crippen LogP contribution is 2.09. The van der Waals surface area contributed by atoms with Crippen molar-refractivity contribution in [2.75, 3.05) is 11.9 Å². The molecule has 0 radical (unpaired) electrons. The smallest absolute Gasteiger partial charge is 0.224 e. The van der Waals surface area contributed by atoms with Crippen LogP contribution in [0.15, 0.2) is 18.2 Å². The minimum atomic E-state index is 0.290. The number of allylic oxidation sites excluding steroid dienone is 1. The van der Waals surface area contributed by atoms with Crippen LogP contribution in [0.4, 0.5) is 5.82 Å². The molecular weight excluding hydrogens is 198 g/mol. The van der Waals surface area contributed by atoms with E-state index in [9.17, 15) is 0 Å². The first kappa shape index (κ1) is 11.0. The minimum Gasteiger partial charge on any atom is -0.370 e. The van der Waals surface area contributed by atoms with Crippen LogP contribution < -0.4 is 5.32 Å². The van der Waals surface area contributed by atoms with E-state index >= 15 is 0 Å². The number of aryl methyl sites for hydroxylation is 1. The van der Waals surface area contributed by atoms with Gasteiger partial charge in [0.15, 0.2) is 0 Å². The van der Waals surface area contributed by atoms with Crippen LogP contribution in [-0.2, 0) is 0 Å².